The van der Waals surface area contributed by atoms with Gasteiger partial charge in [-0.2, -0.15) is 0 Å². The topological polar surface area (TPSA) is 21.3 Å². The van der Waals surface area contributed by atoms with Crippen LogP contribution in [-0.2, 0) is 4.74 Å². The van der Waals surface area contributed by atoms with Gasteiger partial charge < -0.3 is 10.1 Å². The van der Waals surface area contributed by atoms with E-state index in [0.29, 0.717) is 6.10 Å². The molecule has 0 amide bonds. The Morgan fingerprint density at radius 3 is 2.69 bits per heavy atom. The summed E-state index contributed by atoms with van der Waals surface area (Å²) in [4.78, 5) is 0. The summed E-state index contributed by atoms with van der Waals surface area (Å²) >= 11 is 0. The van der Waals surface area contributed by atoms with E-state index in [4.69, 9.17) is 4.74 Å². The molecule has 2 rings (SSSR count). The summed E-state index contributed by atoms with van der Waals surface area (Å²) in [5.74, 6) is 1.77. The molecule has 1 aliphatic heterocycles. The molecule has 2 heteroatoms. The average molecular weight is 225 g/mol. The molecule has 2 nitrogen and oxygen atoms in total. The lowest BCUT2D eigenvalue weighted by Gasteiger charge is -2.32. The number of ether oxygens (including phenoxy) is 1. The van der Waals surface area contributed by atoms with Crippen molar-refractivity contribution in [3.8, 4) is 0 Å². The van der Waals surface area contributed by atoms with Crippen LogP contribution in [0.1, 0.15) is 52.4 Å². The van der Waals surface area contributed by atoms with Crippen LogP contribution in [0.25, 0.3) is 0 Å². The van der Waals surface area contributed by atoms with Crippen LogP contribution < -0.4 is 5.32 Å². The van der Waals surface area contributed by atoms with Gasteiger partial charge in [-0.25, -0.2) is 0 Å². The molecule has 1 N–H and O–H groups in total. The predicted molar refractivity (Wildman–Crippen MR) is 67.6 cm³/mol. The second-order valence-corrected chi connectivity index (χ2v) is 5.73. The SMILES string of the molecule is CCCNC(CC1CCC1)C1COC(C)C1. The number of rotatable bonds is 6. The van der Waals surface area contributed by atoms with E-state index in [2.05, 4.69) is 19.2 Å². The minimum absolute atomic E-state index is 0.484. The lowest BCUT2D eigenvalue weighted by atomic mass is 9.78. The Morgan fingerprint density at radius 2 is 2.19 bits per heavy atom. The highest BCUT2D eigenvalue weighted by Gasteiger charge is 2.32. The summed E-state index contributed by atoms with van der Waals surface area (Å²) in [6.07, 6.45) is 8.76. The van der Waals surface area contributed by atoms with Gasteiger partial charge in [-0.1, -0.05) is 26.2 Å². The molecular weight excluding hydrogens is 198 g/mol. The minimum atomic E-state index is 0.484. The lowest BCUT2D eigenvalue weighted by Crippen LogP contribution is -2.39. The fraction of sp³-hybridized carbons (Fsp3) is 1.00. The van der Waals surface area contributed by atoms with Crippen LogP contribution in [0.2, 0.25) is 0 Å². The summed E-state index contributed by atoms with van der Waals surface area (Å²) in [7, 11) is 0. The van der Waals surface area contributed by atoms with Crippen LogP contribution in [0.4, 0.5) is 0 Å². The molecule has 3 atom stereocenters. The first-order valence-electron chi connectivity index (χ1n) is 7.14. The van der Waals surface area contributed by atoms with E-state index in [1.807, 2.05) is 0 Å². The minimum Gasteiger partial charge on any atom is -0.378 e. The Morgan fingerprint density at radius 1 is 1.38 bits per heavy atom. The maximum absolute atomic E-state index is 5.72. The second kappa shape index (κ2) is 6.02. The lowest BCUT2D eigenvalue weighted by molar-refractivity contribution is 0.114. The third-order valence-corrected chi connectivity index (χ3v) is 4.27. The molecule has 0 bridgehead atoms. The van der Waals surface area contributed by atoms with Gasteiger partial charge in [0.15, 0.2) is 0 Å². The third-order valence-electron chi connectivity index (χ3n) is 4.27. The quantitative estimate of drug-likeness (QED) is 0.750. The van der Waals surface area contributed by atoms with Crippen LogP contribution in [-0.4, -0.2) is 25.3 Å². The molecule has 3 unspecified atom stereocenters. The molecule has 1 aliphatic carbocycles. The van der Waals surface area contributed by atoms with Crippen molar-refractivity contribution in [1.29, 1.82) is 0 Å². The van der Waals surface area contributed by atoms with Crippen molar-refractivity contribution in [3.05, 3.63) is 0 Å². The van der Waals surface area contributed by atoms with Gasteiger partial charge in [0.2, 0.25) is 0 Å². The van der Waals surface area contributed by atoms with Gasteiger partial charge in [0, 0.05) is 12.0 Å². The molecule has 16 heavy (non-hydrogen) atoms. The van der Waals surface area contributed by atoms with E-state index in [9.17, 15) is 0 Å². The first-order valence-corrected chi connectivity index (χ1v) is 7.14. The molecule has 2 aliphatic rings. The third kappa shape index (κ3) is 3.21. The van der Waals surface area contributed by atoms with E-state index >= 15 is 0 Å². The Labute approximate surface area is 100 Å². The maximum Gasteiger partial charge on any atom is 0.0551 e. The van der Waals surface area contributed by atoms with Crippen LogP contribution in [0.15, 0.2) is 0 Å². The first kappa shape index (κ1) is 12.4. The van der Waals surface area contributed by atoms with Gasteiger partial charge in [-0.05, 0) is 38.6 Å². The zero-order valence-electron chi connectivity index (χ0n) is 10.9. The first-order chi connectivity index (χ1) is 7.79. The van der Waals surface area contributed by atoms with Crippen LogP contribution in [0, 0.1) is 11.8 Å². The molecule has 1 saturated carbocycles. The highest BCUT2D eigenvalue weighted by atomic mass is 16.5. The fourth-order valence-electron chi connectivity index (χ4n) is 2.99. The Hall–Kier alpha value is -0.0800. The molecule has 94 valence electrons. The Balaban J connectivity index is 1.80. The van der Waals surface area contributed by atoms with Gasteiger partial charge in [0.05, 0.1) is 12.7 Å². The fourth-order valence-corrected chi connectivity index (χ4v) is 2.99. The van der Waals surface area contributed by atoms with E-state index in [1.54, 1.807) is 0 Å². The smallest absolute Gasteiger partial charge is 0.0551 e. The van der Waals surface area contributed by atoms with Crippen molar-refractivity contribution in [2.75, 3.05) is 13.2 Å². The molecule has 0 aromatic heterocycles. The monoisotopic (exact) mass is 225 g/mol. The Bertz CT molecular complexity index is 203. The van der Waals surface area contributed by atoms with Crippen LogP contribution in [0.3, 0.4) is 0 Å². The molecule has 1 heterocycles. The Kier molecular flexibility index (Phi) is 4.66. The molecule has 0 aromatic carbocycles. The summed E-state index contributed by atoms with van der Waals surface area (Å²) < 4.78 is 5.72. The van der Waals surface area contributed by atoms with Gasteiger partial charge in [0.1, 0.15) is 0 Å². The van der Waals surface area contributed by atoms with Crippen molar-refractivity contribution >= 4 is 0 Å². The van der Waals surface area contributed by atoms with Crippen molar-refractivity contribution in [2.24, 2.45) is 11.8 Å². The van der Waals surface area contributed by atoms with Crippen molar-refractivity contribution in [3.63, 3.8) is 0 Å². The summed E-state index contributed by atoms with van der Waals surface area (Å²) in [5.41, 5.74) is 0. The van der Waals surface area contributed by atoms with Crippen LogP contribution in [0.5, 0.6) is 0 Å². The normalized spacial score (nSPS) is 32.6. The largest absolute Gasteiger partial charge is 0.378 e. The van der Waals surface area contributed by atoms with Gasteiger partial charge in [-0.15, -0.1) is 0 Å². The van der Waals surface area contributed by atoms with E-state index in [1.165, 1.54) is 45.1 Å². The van der Waals surface area contributed by atoms with Crippen LogP contribution >= 0.6 is 0 Å². The number of nitrogens with one attached hydrogen (secondary N) is 1. The highest BCUT2D eigenvalue weighted by Crippen LogP contribution is 2.34. The molecule has 0 spiro atoms. The van der Waals surface area contributed by atoms with Crippen molar-refractivity contribution in [1.82, 2.24) is 5.32 Å². The highest BCUT2D eigenvalue weighted by molar-refractivity contribution is 4.86. The van der Waals surface area contributed by atoms with Gasteiger partial charge in [-0.3, -0.25) is 0 Å². The molecule has 2 fully saturated rings. The van der Waals surface area contributed by atoms with Gasteiger partial charge in [0.25, 0.3) is 0 Å². The van der Waals surface area contributed by atoms with Gasteiger partial charge >= 0.3 is 0 Å². The zero-order valence-corrected chi connectivity index (χ0v) is 10.9. The van der Waals surface area contributed by atoms with E-state index in [0.717, 1.165) is 24.5 Å². The standard InChI is InChI=1S/C14H27NO/c1-3-7-15-14(9-12-5-4-6-12)13-8-11(2)16-10-13/h11-15H,3-10H2,1-2H3. The molecule has 0 aromatic rings. The van der Waals surface area contributed by atoms with Crippen molar-refractivity contribution < 1.29 is 4.74 Å². The molecule has 1 saturated heterocycles. The molecular formula is C14H27NO. The van der Waals surface area contributed by atoms with E-state index in [-0.39, 0.29) is 0 Å². The predicted octanol–water partition coefficient (Wildman–Crippen LogP) is 2.97. The summed E-state index contributed by atoms with van der Waals surface area (Å²) in [6, 6.07) is 0.718. The summed E-state index contributed by atoms with van der Waals surface area (Å²) in [5, 5.41) is 3.75. The molecule has 0 radical (unpaired) electrons. The zero-order chi connectivity index (χ0) is 11.4. The average Bonchev–Trinajstić information content (AvgIpc) is 2.62. The second-order valence-electron chi connectivity index (χ2n) is 5.73. The summed E-state index contributed by atoms with van der Waals surface area (Å²) in [6.45, 7) is 6.61. The van der Waals surface area contributed by atoms with E-state index < -0.39 is 0 Å². The van der Waals surface area contributed by atoms with Crippen molar-refractivity contribution in [2.45, 2.75) is 64.5 Å². The maximum atomic E-state index is 5.72. The number of hydrogen-bond acceptors (Lipinski definition) is 2. The number of hydrogen-bond donors (Lipinski definition) is 1.